The molecule has 0 bridgehead atoms. The Morgan fingerprint density at radius 2 is 0.400 bits per heavy atom. The molecule has 0 nitrogen and oxygen atoms in total. The zero-order valence-electron chi connectivity index (χ0n) is 82.7. The van der Waals surface area contributed by atoms with E-state index < -0.39 is 169 Å². The number of rotatable bonds is 0. The Bertz CT molecular complexity index is 2670. The average Bonchev–Trinajstić information content (AvgIpc) is 1.02. The monoisotopic (exact) mass is 1850 g/mol. The molecule has 11 saturated carbocycles. The zero-order chi connectivity index (χ0) is 98.2. The normalized spacial score (nSPS) is 46.3. The van der Waals surface area contributed by atoms with Crippen LogP contribution in [0.25, 0.3) is 0 Å². The molecule has 11 aliphatic rings. The van der Waals surface area contributed by atoms with Gasteiger partial charge in [-0.2, -0.15) is 79.0 Å². The smallest absolute Gasteiger partial charge is 0.247 e. The second-order valence-corrected chi connectivity index (χ2v) is 44.9. The molecule has 25 heteroatoms. The Morgan fingerprint density at radius 3 is 0.632 bits per heavy atom. The Hall–Kier alpha value is -1.75. The number of hydrogen-bond donors (Lipinski definition) is 0. The SMILES string of the molecule is CC1C(C(F)(F)F)C(C(F)(F)F)[C@@H](C)[C@@H](C)C1C(F)(F)F.CC1C(C(F)(F)F)[C@@H](C)[C@@H](C)C1C(F)(F)F.CC1C(F)C(F)[C@@H](C)[C@@H](C)C1F.CC1C(F)[C@@H](C)[C@@H](C)C1F.CC1CC[C@@H](C)[C@@H](C)C1.CC1CC[C@@H](C)[C@@H](C)C1.CC1C[C@@H](C)[C@@H](C)C1.CC1C[C@@H](C)[C@@H](C)C1.CC1C[C@H](C)[C@H](C)CC1C(F)(F)F.CC1C[C@H](C)[C@H](C)CC1F.C[C@@H]1CC(C)(F)C[C@@H]1C. The van der Waals surface area contributed by atoms with Crippen molar-refractivity contribution in [2.24, 2.45) is 225 Å². The highest BCUT2D eigenvalue weighted by atomic mass is 19.4. The second-order valence-electron chi connectivity index (χ2n) is 44.9. The fourth-order valence-corrected chi connectivity index (χ4v) is 23.4. The summed E-state index contributed by atoms with van der Waals surface area (Å²) in [7, 11) is 0. The maximum absolute atomic E-state index is 13.2. The molecule has 0 saturated heterocycles. The first-order valence-electron chi connectivity index (χ1n) is 48.3. The van der Waals surface area contributed by atoms with E-state index >= 15 is 0 Å². The Kier molecular flexibility index (Phi) is 49.2. The number of hydrogen-bond acceptors (Lipinski definition) is 0. The van der Waals surface area contributed by atoms with E-state index in [1.807, 2.05) is 20.8 Å². The lowest BCUT2D eigenvalue weighted by Crippen LogP contribution is -2.57. The van der Waals surface area contributed by atoms with E-state index in [9.17, 15) is 110 Å². The number of alkyl halides is 25. The summed E-state index contributed by atoms with van der Waals surface area (Å²) in [6.45, 7) is 62.4. The minimum Gasteiger partial charge on any atom is -0.247 e. The van der Waals surface area contributed by atoms with Crippen LogP contribution in [0.15, 0.2) is 0 Å². The van der Waals surface area contributed by atoms with Crippen LogP contribution in [0.5, 0.6) is 0 Å². The van der Waals surface area contributed by atoms with Crippen molar-refractivity contribution in [3.63, 3.8) is 0 Å². The molecule has 0 aliphatic heterocycles. The summed E-state index contributed by atoms with van der Waals surface area (Å²) in [6.07, 6.45) is -16.3. The molecule has 0 N–H and O–H groups in total. The van der Waals surface area contributed by atoms with Crippen LogP contribution in [-0.4, -0.2) is 79.8 Å². The van der Waals surface area contributed by atoms with Gasteiger partial charge in [0, 0.05) is 11.8 Å². The van der Waals surface area contributed by atoms with Crippen molar-refractivity contribution in [3.8, 4) is 0 Å². The van der Waals surface area contributed by atoms with Crippen molar-refractivity contribution in [1.82, 2.24) is 0 Å². The van der Waals surface area contributed by atoms with Crippen molar-refractivity contribution in [2.75, 3.05) is 0 Å². The van der Waals surface area contributed by atoms with Gasteiger partial charge in [-0.25, -0.2) is 30.7 Å². The van der Waals surface area contributed by atoms with E-state index in [0.717, 1.165) is 123 Å². The minimum atomic E-state index is -5.34. The molecule has 125 heavy (non-hydrogen) atoms. The summed E-state index contributed by atoms with van der Waals surface area (Å²) < 4.78 is 321. The van der Waals surface area contributed by atoms with E-state index in [4.69, 9.17) is 0 Å². The molecule has 0 spiro atoms. The van der Waals surface area contributed by atoms with E-state index in [-0.39, 0.29) is 29.6 Å². The van der Waals surface area contributed by atoms with Crippen LogP contribution < -0.4 is 0 Å². The van der Waals surface area contributed by atoms with E-state index in [2.05, 4.69) is 111 Å². The lowest BCUT2D eigenvalue weighted by molar-refractivity contribution is -0.321. The van der Waals surface area contributed by atoms with Crippen LogP contribution in [0, 0.1) is 225 Å². The first-order valence-corrected chi connectivity index (χ1v) is 48.3. The summed E-state index contributed by atoms with van der Waals surface area (Å²) in [6, 6.07) is 0. The van der Waals surface area contributed by atoms with E-state index in [1.165, 1.54) is 85.0 Å². The van der Waals surface area contributed by atoms with Crippen molar-refractivity contribution in [2.45, 2.75) is 411 Å². The Labute approximate surface area is 742 Å². The van der Waals surface area contributed by atoms with Crippen LogP contribution in [0.1, 0.15) is 331 Å². The molecule has 11 fully saturated rings. The third-order valence-electron chi connectivity index (χ3n) is 34.1. The highest BCUT2D eigenvalue weighted by Crippen LogP contribution is 2.61. The molecule has 0 aromatic rings. The fourth-order valence-electron chi connectivity index (χ4n) is 23.4. The molecular formula is C100H175F25. The third kappa shape index (κ3) is 37.1. The lowest BCUT2D eigenvalue weighted by atomic mass is 9.57. The molecule has 0 heterocycles. The molecule has 0 aromatic carbocycles. The van der Waals surface area contributed by atoms with Crippen molar-refractivity contribution in [3.05, 3.63) is 0 Å². The van der Waals surface area contributed by atoms with Gasteiger partial charge in [-0.3, -0.25) is 0 Å². The molecule has 0 radical (unpaired) electrons. The van der Waals surface area contributed by atoms with Gasteiger partial charge in [-0.05, 0) is 262 Å². The van der Waals surface area contributed by atoms with Crippen LogP contribution in [0.2, 0.25) is 0 Å². The van der Waals surface area contributed by atoms with Gasteiger partial charge in [0.25, 0.3) is 0 Å². The van der Waals surface area contributed by atoms with Gasteiger partial charge < -0.3 is 0 Å². The van der Waals surface area contributed by atoms with Gasteiger partial charge in [0.05, 0.1) is 35.5 Å². The first kappa shape index (κ1) is 121. The zero-order valence-corrected chi connectivity index (χ0v) is 82.7. The van der Waals surface area contributed by atoms with Crippen LogP contribution in [0.4, 0.5) is 110 Å². The molecule has 0 aromatic heterocycles. The van der Waals surface area contributed by atoms with Crippen LogP contribution in [0.3, 0.4) is 0 Å². The van der Waals surface area contributed by atoms with Crippen molar-refractivity contribution < 1.29 is 110 Å². The maximum atomic E-state index is 13.2. The largest absolute Gasteiger partial charge is 0.392 e. The lowest BCUT2D eigenvalue weighted by Gasteiger charge is -2.50. The molecule has 750 valence electrons. The fraction of sp³-hybridized carbons (Fsp3) is 1.00. The highest BCUT2D eigenvalue weighted by molar-refractivity contribution is 5.02. The van der Waals surface area contributed by atoms with Crippen molar-refractivity contribution in [1.29, 1.82) is 0 Å². The summed E-state index contributed by atoms with van der Waals surface area (Å²) >= 11 is 0. The quantitative estimate of drug-likeness (QED) is 0.212. The first-order chi connectivity index (χ1) is 56.3. The second kappa shape index (κ2) is 50.7. The predicted octanol–water partition coefficient (Wildman–Crippen LogP) is 36.4. The van der Waals surface area contributed by atoms with Crippen LogP contribution in [-0.2, 0) is 0 Å². The molecule has 23 unspecified atom stereocenters. The summed E-state index contributed by atoms with van der Waals surface area (Å²) in [4.78, 5) is 0. The topological polar surface area (TPSA) is 0 Å². The van der Waals surface area contributed by atoms with Gasteiger partial charge in [-0.15, -0.1) is 0 Å². The Balaban J connectivity index is 0.000000697. The maximum Gasteiger partial charge on any atom is 0.392 e. The van der Waals surface area contributed by atoms with Gasteiger partial charge in [0.15, 0.2) is 0 Å². The van der Waals surface area contributed by atoms with Crippen LogP contribution >= 0.6 is 0 Å². The molecular weight excluding hydrogens is 1680 g/mol. The average molecular weight is 1850 g/mol. The van der Waals surface area contributed by atoms with Gasteiger partial charge >= 0.3 is 37.1 Å². The van der Waals surface area contributed by atoms with E-state index in [0.29, 0.717) is 49.4 Å². The standard InChI is InChI=1S/C12H15F9.C10H14F6.C10H17F3.C9H15F3.C9H17F.2C9H18.C8H14F2.C8H15F.2C8H16/c1-4-5(2)8(11(16,17)18)9(12(19,20)21)6(3)7(4)10(13,14)15;1-4-5(2)8(10(14,15)16)6(3)7(4)9(11,12)13;1-6-4-8(3)9(5-7(6)2)10(11,12)13;1-4-5(2)8(11)9(12)6(3)7(4)10;1-6-4-8(3)9(10)5-7(6)2;2*1-7-4-5-8(2)9(3)6-7;1-4-5(2)8(10)6(3)7(4)9;1-6-4-8(3,9)5-7(6)2;2*1-6-4-7(2)8(3)5-6/h4-9H,1-3H3;4-8H,1-3H3;6-9H,4-5H2,1-3H3;4-9H,1-3H3;6-9H,4-5H2,1-3H3;2*7-9H,4-6H2,1-3H3;4-8H,1-3H3;6-7H,4-5H2,1-3H3;2*6-8H,4-5H2,1-3H3/t4-,5+,6?,7?,8?,9?;4-,5+,6?,7?,8?;6-,7+,8?,9?;4-,5+,6?,7?,8?,9?;6-,7+,8?,9?;2*7?,8-,9+;4-,5+,6?,7?,8?;6-,7+,8?;2*6?,7-,8+/m1.01011..../s1. The predicted molar refractivity (Wildman–Crippen MR) is 463 cm³/mol. The molecule has 45 atom stereocenters. The molecule has 0 amide bonds. The van der Waals surface area contributed by atoms with Gasteiger partial charge in [-0.1, -0.05) is 247 Å². The minimum absolute atomic E-state index is 0.106. The van der Waals surface area contributed by atoms with E-state index in [1.54, 1.807) is 48.5 Å². The Morgan fingerprint density at radius 1 is 0.184 bits per heavy atom. The molecule has 11 aliphatic carbocycles. The summed E-state index contributed by atoms with van der Waals surface area (Å²) in [5.74, 6) is -9.07. The molecule has 11 rings (SSSR count). The van der Waals surface area contributed by atoms with Gasteiger partial charge in [0.2, 0.25) is 0 Å². The summed E-state index contributed by atoms with van der Waals surface area (Å²) in [5.41, 5.74) is -0.862. The van der Waals surface area contributed by atoms with Crippen molar-refractivity contribution >= 4 is 0 Å². The summed E-state index contributed by atoms with van der Waals surface area (Å²) in [5, 5.41) is 0. The highest BCUT2D eigenvalue weighted by Gasteiger charge is 2.68. The van der Waals surface area contributed by atoms with Gasteiger partial charge in [0.1, 0.15) is 42.7 Å². The third-order valence-corrected chi connectivity index (χ3v) is 34.1. The number of halogens is 25.